The van der Waals surface area contributed by atoms with Crippen LogP contribution in [0.1, 0.15) is 12.8 Å². The molecular formula is C15H19Br2N2O. The van der Waals surface area contributed by atoms with Gasteiger partial charge in [0, 0.05) is 28.4 Å². The van der Waals surface area contributed by atoms with Crippen LogP contribution in [0.3, 0.4) is 0 Å². The van der Waals surface area contributed by atoms with Crippen molar-refractivity contribution in [1.29, 1.82) is 0 Å². The maximum Gasteiger partial charge on any atom is 0.229 e. The van der Waals surface area contributed by atoms with Gasteiger partial charge in [0.25, 0.3) is 0 Å². The molecule has 4 unspecified atom stereocenters. The molecule has 1 saturated carbocycles. The zero-order valence-corrected chi connectivity index (χ0v) is 14.6. The first kappa shape index (κ1) is 16.0. The molecule has 109 valence electrons. The van der Waals surface area contributed by atoms with E-state index >= 15 is 0 Å². The van der Waals surface area contributed by atoms with Crippen molar-refractivity contribution in [3.63, 3.8) is 0 Å². The van der Waals surface area contributed by atoms with Crippen LogP contribution < -0.4 is 5.32 Å². The van der Waals surface area contributed by atoms with E-state index in [1.807, 2.05) is 42.3 Å². The summed E-state index contributed by atoms with van der Waals surface area (Å²) >= 11 is 7.35. The molecule has 0 aliphatic heterocycles. The Hall–Kier alpha value is -0.390. The molecule has 1 aliphatic carbocycles. The lowest BCUT2D eigenvalue weighted by molar-refractivity contribution is -0.122. The first-order chi connectivity index (χ1) is 9.49. The minimum atomic E-state index is -0.0831. The molecule has 1 radical (unpaired) electrons. The molecule has 20 heavy (non-hydrogen) atoms. The second-order valence-electron chi connectivity index (χ2n) is 5.29. The fourth-order valence-corrected chi connectivity index (χ4v) is 5.28. The van der Waals surface area contributed by atoms with Gasteiger partial charge in [-0.05, 0) is 32.0 Å². The van der Waals surface area contributed by atoms with Gasteiger partial charge in [0.1, 0.15) is 0 Å². The number of rotatable bonds is 3. The summed E-state index contributed by atoms with van der Waals surface area (Å²) in [7, 11) is 5.91. The molecule has 0 spiro atoms. The fourth-order valence-electron chi connectivity index (χ4n) is 2.75. The zero-order valence-electron chi connectivity index (χ0n) is 11.4. The smallest absolute Gasteiger partial charge is 0.229 e. The number of benzene rings is 1. The van der Waals surface area contributed by atoms with E-state index in [1.54, 1.807) is 0 Å². The minimum absolute atomic E-state index is 0.0605. The molecule has 0 heterocycles. The third kappa shape index (κ3) is 3.83. The fraction of sp³-hybridized carbons (Fsp3) is 0.467. The number of carbonyl (C=O) groups is 1. The highest BCUT2D eigenvalue weighted by Crippen LogP contribution is 2.36. The molecule has 1 aliphatic rings. The highest BCUT2D eigenvalue weighted by atomic mass is 79.9. The van der Waals surface area contributed by atoms with Gasteiger partial charge in [-0.1, -0.05) is 50.1 Å². The van der Waals surface area contributed by atoms with Gasteiger partial charge in [-0.25, -0.2) is 0 Å². The highest BCUT2D eigenvalue weighted by molar-refractivity contribution is 9.10. The van der Waals surface area contributed by atoms with Crippen LogP contribution in [0.25, 0.3) is 0 Å². The van der Waals surface area contributed by atoms with Gasteiger partial charge >= 0.3 is 0 Å². The number of halogens is 2. The van der Waals surface area contributed by atoms with Gasteiger partial charge in [-0.3, -0.25) is 4.79 Å². The predicted octanol–water partition coefficient (Wildman–Crippen LogP) is 3.65. The van der Waals surface area contributed by atoms with Gasteiger partial charge in [0.15, 0.2) is 0 Å². The normalized spacial score (nSPS) is 30.2. The van der Waals surface area contributed by atoms with Crippen molar-refractivity contribution in [3.8, 4) is 0 Å². The molecule has 0 bridgehead atoms. The third-order valence-corrected chi connectivity index (χ3v) is 5.32. The van der Waals surface area contributed by atoms with Gasteiger partial charge < -0.3 is 10.2 Å². The minimum Gasteiger partial charge on any atom is -0.326 e. The monoisotopic (exact) mass is 401 g/mol. The van der Waals surface area contributed by atoms with E-state index in [0.717, 1.165) is 18.5 Å². The number of anilines is 1. The second-order valence-corrected chi connectivity index (χ2v) is 7.77. The number of nitrogens with zero attached hydrogens (tertiary/aromatic N) is 1. The molecule has 0 aromatic heterocycles. The largest absolute Gasteiger partial charge is 0.326 e. The average molecular weight is 403 g/mol. The Morgan fingerprint density at radius 3 is 2.55 bits per heavy atom. The molecular weight excluding hydrogens is 384 g/mol. The van der Waals surface area contributed by atoms with E-state index in [0.29, 0.717) is 4.83 Å². The molecule has 1 fully saturated rings. The number of para-hydroxylation sites is 1. The second kappa shape index (κ2) is 7.05. The van der Waals surface area contributed by atoms with Gasteiger partial charge in [-0.15, -0.1) is 0 Å². The summed E-state index contributed by atoms with van der Waals surface area (Å²) in [5, 5.41) is 3.00. The first-order valence-electron chi connectivity index (χ1n) is 6.66. The van der Waals surface area contributed by atoms with Gasteiger partial charge in [0.2, 0.25) is 5.91 Å². The number of nitrogens with one attached hydrogen (secondary N) is 1. The first-order valence-corrected chi connectivity index (χ1v) is 8.49. The molecule has 2 rings (SSSR count). The van der Waals surface area contributed by atoms with Crippen LogP contribution in [-0.4, -0.2) is 33.6 Å². The summed E-state index contributed by atoms with van der Waals surface area (Å²) < 4.78 is 0. The standard InChI is InChI=1S/C15H19Br2N2O/c1-19(2)14-12(8-10(16)9-13(14)17)15(20)18-11-6-4-3-5-7-11/h3-7,10,12-14H,1,8-9H2,2H3,(H,18,20). The molecule has 1 N–H and O–H groups in total. The van der Waals surface area contributed by atoms with Gasteiger partial charge in [-0.2, -0.15) is 0 Å². The summed E-state index contributed by atoms with van der Waals surface area (Å²) in [6.45, 7) is 0. The lowest BCUT2D eigenvalue weighted by atomic mass is 9.83. The van der Waals surface area contributed by atoms with E-state index in [2.05, 4.69) is 44.2 Å². The molecule has 5 heteroatoms. The predicted molar refractivity (Wildman–Crippen MR) is 90.1 cm³/mol. The summed E-state index contributed by atoms with van der Waals surface area (Å²) in [5.74, 6) is -0.0227. The Bertz CT molecular complexity index is 452. The number of hydrogen-bond donors (Lipinski definition) is 1. The van der Waals surface area contributed by atoms with Crippen molar-refractivity contribution in [2.75, 3.05) is 12.4 Å². The highest BCUT2D eigenvalue weighted by Gasteiger charge is 2.40. The maximum atomic E-state index is 12.6. The molecule has 0 saturated heterocycles. The topological polar surface area (TPSA) is 32.3 Å². The third-order valence-electron chi connectivity index (χ3n) is 3.66. The van der Waals surface area contributed by atoms with Crippen LogP contribution in [0.2, 0.25) is 0 Å². The van der Waals surface area contributed by atoms with Crippen molar-refractivity contribution in [1.82, 2.24) is 4.90 Å². The van der Waals surface area contributed by atoms with Crippen molar-refractivity contribution >= 4 is 43.5 Å². The number of carbonyl (C=O) groups excluding carboxylic acids is 1. The van der Waals surface area contributed by atoms with Crippen LogP contribution in [-0.2, 0) is 4.79 Å². The summed E-state index contributed by atoms with van der Waals surface area (Å²) in [5.41, 5.74) is 0.839. The van der Waals surface area contributed by atoms with E-state index in [9.17, 15) is 4.79 Å². The molecule has 3 nitrogen and oxygen atoms in total. The van der Waals surface area contributed by atoms with Crippen LogP contribution in [0, 0.1) is 13.0 Å². The summed E-state index contributed by atoms with van der Waals surface area (Å²) in [4.78, 5) is 15.1. The van der Waals surface area contributed by atoms with Crippen LogP contribution in [0.15, 0.2) is 30.3 Å². The van der Waals surface area contributed by atoms with Crippen molar-refractivity contribution < 1.29 is 4.79 Å². The van der Waals surface area contributed by atoms with Crippen LogP contribution in [0.5, 0.6) is 0 Å². The Kier molecular flexibility index (Phi) is 5.64. The lowest BCUT2D eigenvalue weighted by Gasteiger charge is -2.40. The lowest BCUT2D eigenvalue weighted by Crippen LogP contribution is -2.50. The van der Waals surface area contributed by atoms with Crippen molar-refractivity contribution in [2.24, 2.45) is 5.92 Å². The molecule has 1 aromatic rings. The van der Waals surface area contributed by atoms with Crippen LogP contribution >= 0.6 is 31.9 Å². The molecule has 1 amide bonds. The zero-order chi connectivity index (χ0) is 14.7. The van der Waals surface area contributed by atoms with Crippen molar-refractivity contribution in [2.45, 2.75) is 28.5 Å². The Morgan fingerprint density at radius 2 is 1.95 bits per heavy atom. The number of hydrogen-bond acceptors (Lipinski definition) is 2. The van der Waals surface area contributed by atoms with E-state index < -0.39 is 0 Å². The summed E-state index contributed by atoms with van der Waals surface area (Å²) in [6, 6.07) is 9.69. The van der Waals surface area contributed by atoms with E-state index in [-0.39, 0.29) is 22.7 Å². The quantitative estimate of drug-likeness (QED) is 0.782. The Morgan fingerprint density at radius 1 is 1.30 bits per heavy atom. The van der Waals surface area contributed by atoms with E-state index in [1.165, 1.54) is 0 Å². The number of alkyl halides is 2. The SMILES string of the molecule is [CH2]N(C)C1C(Br)CC(Br)CC1C(=O)Nc1ccccc1. The van der Waals surface area contributed by atoms with E-state index in [4.69, 9.17) is 0 Å². The van der Waals surface area contributed by atoms with Crippen molar-refractivity contribution in [3.05, 3.63) is 37.4 Å². The average Bonchev–Trinajstić information content (AvgIpc) is 2.38. The Balaban J connectivity index is 2.12. The Labute approximate surface area is 137 Å². The number of amides is 1. The molecule has 4 atom stereocenters. The van der Waals surface area contributed by atoms with Crippen LogP contribution in [0.4, 0.5) is 5.69 Å². The maximum absolute atomic E-state index is 12.6. The molecule has 1 aromatic carbocycles. The summed E-state index contributed by atoms with van der Waals surface area (Å²) in [6.07, 6.45) is 1.82. The van der Waals surface area contributed by atoms with Gasteiger partial charge in [0.05, 0.1) is 5.92 Å².